The number of hydrogen-bond donors (Lipinski definition) is 0. The summed E-state index contributed by atoms with van der Waals surface area (Å²) in [5.41, 5.74) is 0. The highest BCUT2D eigenvalue weighted by molar-refractivity contribution is 4.59. The van der Waals surface area contributed by atoms with Gasteiger partial charge in [0.05, 0.1) is 0 Å². The van der Waals surface area contributed by atoms with Crippen LogP contribution in [0.1, 0.15) is 91.9 Å². The van der Waals surface area contributed by atoms with E-state index in [-0.39, 0.29) is 0 Å². The Morgan fingerprint density at radius 3 is 1.56 bits per heavy atom. The van der Waals surface area contributed by atoms with Gasteiger partial charge in [-0.15, -0.1) is 0 Å². The summed E-state index contributed by atoms with van der Waals surface area (Å²) in [6, 6.07) is 0. The van der Waals surface area contributed by atoms with Gasteiger partial charge in [0.2, 0.25) is 0 Å². The van der Waals surface area contributed by atoms with Gasteiger partial charge in [0.25, 0.3) is 0 Å². The summed E-state index contributed by atoms with van der Waals surface area (Å²) in [5, 5.41) is 0. The number of hydrogen-bond acceptors (Lipinski definition) is 0. The maximum absolute atomic E-state index is 2.33. The van der Waals surface area contributed by atoms with Crippen LogP contribution in [0, 0.1) is 11.8 Å². The Kier molecular flexibility index (Phi) is 11.5. The van der Waals surface area contributed by atoms with E-state index >= 15 is 0 Å². The lowest BCUT2D eigenvalue weighted by atomic mass is 9.92. The smallest absolute Gasteiger partial charge is 0.0414 e. The Morgan fingerprint density at radius 1 is 0.625 bits per heavy atom. The first kappa shape index (κ1) is 16.0. The lowest BCUT2D eigenvalue weighted by molar-refractivity contribution is 0.389. The maximum atomic E-state index is 2.33. The molecule has 0 fully saturated rings. The van der Waals surface area contributed by atoms with Crippen molar-refractivity contribution in [3.05, 3.63) is 0 Å². The predicted molar refractivity (Wildman–Crippen MR) is 75.8 cm³/mol. The molecule has 0 bridgehead atoms. The molecule has 0 atom stereocenters. The van der Waals surface area contributed by atoms with Crippen molar-refractivity contribution in [2.75, 3.05) is 0 Å². The van der Waals surface area contributed by atoms with Gasteiger partial charge >= 0.3 is 0 Å². The second kappa shape index (κ2) is 11.5. The highest BCUT2D eigenvalue weighted by Gasteiger charge is 2.05. The zero-order valence-corrected chi connectivity index (χ0v) is 12.2. The molecule has 0 saturated heterocycles. The van der Waals surface area contributed by atoms with Crippen molar-refractivity contribution in [2.24, 2.45) is 11.8 Å². The Balaban J connectivity index is 3.32. The molecule has 0 heteroatoms. The molecule has 0 aliphatic heterocycles. The number of rotatable bonds is 11. The lowest BCUT2D eigenvalue weighted by Crippen LogP contribution is -1.99. The van der Waals surface area contributed by atoms with Crippen molar-refractivity contribution in [1.82, 2.24) is 0 Å². The van der Waals surface area contributed by atoms with Gasteiger partial charge in [0.15, 0.2) is 0 Å². The van der Waals surface area contributed by atoms with Gasteiger partial charge in [-0.05, 0) is 11.8 Å². The van der Waals surface area contributed by atoms with E-state index in [0.29, 0.717) is 0 Å². The van der Waals surface area contributed by atoms with Gasteiger partial charge in [0.1, 0.15) is 0 Å². The van der Waals surface area contributed by atoms with E-state index in [1.807, 2.05) is 0 Å². The topological polar surface area (TPSA) is 0 Å². The van der Waals surface area contributed by atoms with Crippen LogP contribution in [0.5, 0.6) is 0 Å². The van der Waals surface area contributed by atoms with Crippen molar-refractivity contribution in [2.45, 2.75) is 91.9 Å². The van der Waals surface area contributed by atoms with Gasteiger partial charge in [-0.25, -0.2) is 0 Å². The van der Waals surface area contributed by atoms with Crippen LogP contribution < -0.4 is 0 Å². The molecule has 0 nitrogen and oxygen atoms in total. The van der Waals surface area contributed by atoms with Crippen LogP contribution in [-0.4, -0.2) is 0 Å². The second-order valence-corrected chi connectivity index (χ2v) is 5.83. The van der Waals surface area contributed by atoms with E-state index in [1.165, 1.54) is 64.2 Å². The molecule has 0 aromatic carbocycles. The summed E-state index contributed by atoms with van der Waals surface area (Å²) in [7, 11) is 0. The molecule has 0 heterocycles. The zero-order chi connectivity index (χ0) is 12.2. The fourth-order valence-corrected chi connectivity index (χ4v) is 2.59. The van der Waals surface area contributed by atoms with E-state index in [2.05, 4.69) is 27.7 Å². The molecule has 0 aliphatic carbocycles. The molecule has 0 rings (SSSR count). The average molecular weight is 226 g/mol. The van der Waals surface area contributed by atoms with Gasteiger partial charge < -0.3 is 0 Å². The molecule has 16 heavy (non-hydrogen) atoms. The molecule has 0 saturated carbocycles. The van der Waals surface area contributed by atoms with E-state index in [1.54, 1.807) is 0 Å². The van der Waals surface area contributed by atoms with Crippen LogP contribution in [0.3, 0.4) is 0 Å². The summed E-state index contributed by atoms with van der Waals surface area (Å²) in [4.78, 5) is 0. The van der Waals surface area contributed by atoms with Crippen LogP contribution in [-0.2, 0) is 0 Å². The van der Waals surface area contributed by atoms with Gasteiger partial charge in [0, 0.05) is 0 Å². The van der Waals surface area contributed by atoms with Crippen LogP contribution in [0.2, 0.25) is 0 Å². The largest absolute Gasteiger partial charge is 0.0654 e. The minimum Gasteiger partial charge on any atom is -0.0654 e. The minimum absolute atomic E-state index is 0.896. The molecule has 98 valence electrons. The summed E-state index contributed by atoms with van der Waals surface area (Å²) in [5.74, 6) is 1.92. The van der Waals surface area contributed by atoms with Crippen LogP contribution in [0.25, 0.3) is 0 Å². The van der Waals surface area contributed by atoms with Crippen LogP contribution in [0.15, 0.2) is 0 Å². The average Bonchev–Trinajstić information content (AvgIpc) is 2.23. The zero-order valence-electron chi connectivity index (χ0n) is 12.2. The summed E-state index contributed by atoms with van der Waals surface area (Å²) >= 11 is 0. The van der Waals surface area contributed by atoms with Gasteiger partial charge in [-0.3, -0.25) is 0 Å². The monoisotopic (exact) mass is 226 g/mol. The second-order valence-electron chi connectivity index (χ2n) is 5.83. The normalized spacial score (nSPS) is 11.6. The Morgan fingerprint density at radius 2 is 1.12 bits per heavy atom. The highest BCUT2D eigenvalue weighted by atomic mass is 14.1. The summed E-state index contributed by atoms with van der Waals surface area (Å²) < 4.78 is 0. The molecule has 0 unspecified atom stereocenters. The molecule has 0 amide bonds. The molecular formula is C16H34. The van der Waals surface area contributed by atoms with E-state index in [0.717, 1.165) is 11.8 Å². The Labute approximate surface area is 104 Å². The van der Waals surface area contributed by atoms with Crippen molar-refractivity contribution >= 4 is 0 Å². The van der Waals surface area contributed by atoms with E-state index in [9.17, 15) is 0 Å². The van der Waals surface area contributed by atoms with Crippen molar-refractivity contribution in [3.8, 4) is 0 Å². The molecular weight excluding hydrogens is 192 g/mol. The van der Waals surface area contributed by atoms with E-state index < -0.39 is 0 Å². The van der Waals surface area contributed by atoms with Crippen LogP contribution >= 0.6 is 0 Å². The Hall–Kier alpha value is 0. The summed E-state index contributed by atoms with van der Waals surface area (Å²) in [6.07, 6.45) is 14.4. The molecule has 0 radical (unpaired) electrons. The maximum Gasteiger partial charge on any atom is -0.0414 e. The first-order valence-corrected chi connectivity index (χ1v) is 7.70. The first-order chi connectivity index (χ1) is 7.70. The fourth-order valence-electron chi connectivity index (χ4n) is 2.59. The quantitative estimate of drug-likeness (QED) is 0.368. The standard InChI is InChI=1S/C16H34/c1-5-11-16(12-6-2)14-10-8-7-9-13-15(3)4/h15-16H,5-14H2,1-4H3. The molecule has 0 spiro atoms. The summed E-state index contributed by atoms with van der Waals surface area (Å²) in [6.45, 7) is 9.31. The Bertz CT molecular complexity index is 120. The third-order valence-corrected chi connectivity index (χ3v) is 3.54. The molecule has 0 aromatic heterocycles. The van der Waals surface area contributed by atoms with Crippen LogP contribution in [0.4, 0.5) is 0 Å². The minimum atomic E-state index is 0.896. The molecule has 0 aromatic rings. The third kappa shape index (κ3) is 10.5. The molecule has 0 N–H and O–H groups in total. The SMILES string of the molecule is CCCC(CCC)CCCCCCC(C)C. The van der Waals surface area contributed by atoms with Gasteiger partial charge in [-0.1, -0.05) is 91.9 Å². The third-order valence-electron chi connectivity index (χ3n) is 3.54. The first-order valence-electron chi connectivity index (χ1n) is 7.70. The fraction of sp³-hybridized carbons (Fsp3) is 1.00. The molecule has 0 aliphatic rings. The highest BCUT2D eigenvalue weighted by Crippen LogP contribution is 2.21. The van der Waals surface area contributed by atoms with Crippen molar-refractivity contribution < 1.29 is 0 Å². The van der Waals surface area contributed by atoms with Crippen molar-refractivity contribution in [3.63, 3.8) is 0 Å². The number of unbranched alkanes of at least 4 members (excludes halogenated alkanes) is 3. The lowest BCUT2D eigenvalue weighted by Gasteiger charge is -2.14. The van der Waals surface area contributed by atoms with Gasteiger partial charge in [-0.2, -0.15) is 0 Å². The predicted octanol–water partition coefficient (Wildman–Crippen LogP) is 6.20. The van der Waals surface area contributed by atoms with Crippen molar-refractivity contribution in [1.29, 1.82) is 0 Å². The van der Waals surface area contributed by atoms with E-state index in [4.69, 9.17) is 0 Å².